The summed E-state index contributed by atoms with van der Waals surface area (Å²) in [6, 6.07) is 9.46. The second kappa shape index (κ2) is 12.2. The van der Waals surface area contributed by atoms with E-state index in [1.54, 1.807) is 13.8 Å². The molecule has 2 aromatic carbocycles. The Morgan fingerprint density at radius 3 is 2.24 bits per heavy atom. The number of aryl methyl sites for hydroxylation is 1. The molecule has 2 heterocycles. The zero-order valence-corrected chi connectivity index (χ0v) is 23.1. The number of sulfone groups is 1. The molecule has 13 heteroatoms. The summed E-state index contributed by atoms with van der Waals surface area (Å²) in [5.41, 5.74) is 0.214. The van der Waals surface area contributed by atoms with E-state index in [9.17, 15) is 31.5 Å². The van der Waals surface area contributed by atoms with Crippen LogP contribution in [0.3, 0.4) is 0 Å². The number of aromatic hydroxyl groups is 1. The molecule has 9 nitrogen and oxygen atoms in total. The highest BCUT2D eigenvalue weighted by Crippen LogP contribution is 2.33. The number of hydrogen-bond acceptors (Lipinski definition) is 8. The molecule has 0 radical (unpaired) electrons. The van der Waals surface area contributed by atoms with E-state index >= 15 is 0 Å². The lowest BCUT2D eigenvalue weighted by Gasteiger charge is -2.25. The molecule has 4 aromatic rings. The van der Waals surface area contributed by atoms with Crippen LogP contribution in [-0.2, 0) is 25.9 Å². The number of aromatic nitrogens is 3. The second-order valence-electron chi connectivity index (χ2n) is 8.96. The van der Waals surface area contributed by atoms with Crippen LogP contribution in [0.4, 0.5) is 13.2 Å². The van der Waals surface area contributed by atoms with Crippen LogP contribution in [-0.4, -0.2) is 48.4 Å². The zero-order valence-electron chi connectivity index (χ0n) is 22.3. The molecule has 0 aliphatic carbocycles. The predicted octanol–water partition coefficient (Wildman–Crippen LogP) is 4.34. The number of methoxy groups -OCH3 is 1. The van der Waals surface area contributed by atoms with Crippen LogP contribution in [0.25, 0.3) is 11.1 Å². The third-order valence-electron chi connectivity index (χ3n) is 6.27. The number of rotatable bonds is 10. The van der Waals surface area contributed by atoms with Gasteiger partial charge in [0.15, 0.2) is 4.90 Å². The normalized spacial score (nSPS) is 12.4. The lowest BCUT2D eigenvalue weighted by atomic mass is 10.1. The fraction of sp³-hybridized carbons (Fsp3) is 0.250. The summed E-state index contributed by atoms with van der Waals surface area (Å²) in [5.74, 6) is -3.69. The minimum absolute atomic E-state index is 0.0150. The van der Waals surface area contributed by atoms with Gasteiger partial charge < -0.3 is 14.6 Å². The van der Waals surface area contributed by atoms with Gasteiger partial charge in [0.25, 0.3) is 5.56 Å². The Morgan fingerprint density at radius 1 is 1.00 bits per heavy atom. The smallest absolute Gasteiger partial charge is 0.296 e. The van der Waals surface area contributed by atoms with Crippen LogP contribution < -0.4 is 5.56 Å². The van der Waals surface area contributed by atoms with Crippen molar-refractivity contribution in [3.63, 3.8) is 0 Å². The van der Waals surface area contributed by atoms with E-state index in [1.165, 1.54) is 43.5 Å². The number of hydrogen-bond donors (Lipinski definition) is 1. The van der Waals surface area contributed by atoms with E-state index in [-0.39, 0.29) is 36.1 Å². The van der Waals surface area contributed by atoms with E-state index in [0.29, 0.717) is 22.9 Å². The maximum absolute atomic E-state index is 14.1. The van der Waals surface area contributed by atoms with Crippen LogP contribution in [0.5, 0.6) is 5.88 Å². The summed E-state index contributed by atoms with van der Waals surface area (Å²) in [4.78, 5) is 19.3. The fourth-order valence-electron chi connectivity index (χ4n) is 4.42. The van der Waals surface area contributed by atoms with Gasteiger partial charge in [0.05, 0.1) is 17.5 Å². The van der Waals surface area contributed by atoms with Crippen molar-refractivity contribution < 1.29 is 36.2 Å². The Kier molecular flexibility index (Phi) is 8.90. The van der Waals surface area contributed by atoms with Crippen LogP contribution in [0.15, 0.2) is 69.2 Å². The zero-order chi connectivity index (χ0) is 29.9. The SMILES string of the molecule is CCOCc1nc(=O)c(S(=O)(=O)c2ccc(-c3ccc(F)nc3C)cc2)c(O)n1C(COC)c1cc(F)cc(F)c1. The summed E-state index contributed by atoms with van der Waals surface area (Å²) in [6.45, 7) is 2.86. The van der Waals surface area contributed by atoms with Gasteiger partial charge in [-0.25, -0.2) is 22.2 Å². The first-order valence-corrected chi connectivity index (χ1v) is 13.8. The van der Waals surface area contributed by atoms with E-state index in [0.717, 1.165) is 16.7 Å². The van der Waals surface area contributed by atoms with Crippen molar-refractivity contribution in [2.45, 2.75) is 36.3 Å². The first-order chi connectivity index (χ1) is 19.5. The monoisotopic (exact) mass is 589 g/mol. The van der Waals surface area contributed by atoms with Crippen LogP contribution in [0.1, 0.15) is 30.0 Å². The van der Waals surface area contributed by atoms with Gasteiger partial charge in [-0.05, 0) is 61.4 Å². The Balaban J connectivity index is 1.89. The molecule has 0 saturated carbocycles. The minimum atomic E-state index is -4.67. The number of halogens is 3. The highest BCUT2D eigenvalue weighted by atomic mass is 32.2. The molecule has 0 spiro atoms. The van der Waals surface area contributed by atoms with Gasteiger partial charge in [0.2, 0.25) is 21.7 Å². The molecule has 216 valence electrons. The van der Waals surface area contributed by atoms with Crippen LogP contribution in [0, 0.1) is 24.5 Å². The lowest BCUT2D eigenvalue weighted by Crippen LogP contribution is -2.29. The predicted molar refractivity (Wildman–Crippen MR) is 142 cm³/mol. The van der Waals surface area contributed by atoms with E-state index in [2.05, 4.69) is 9.97 Å². The molecule has 0 fully saturated rings. The Labute approximate surface area is 233 Å². The molecular formula is C28H26F3N3O6S. The first-order valence-electron chi connectivity index (χ1n) is 12.3. The molecule has 41 heavy (non-hydrogen) atoms. The average molecular weight is 590 g/mol. The third kappa shape index (κ3) is 6.16. The van der Waals surface area contributed by atoms with Crippen molar-refractivity contribution >= 4 is 9.84 Å². The Bertz CT molecular complexity index is 1720. The van der Waals surface area contributed by atoms with Crippen molar-refractivity contribution in [2.75, 3.05) is 20.3 Å². The first kappa shape index (κ1) is 29.9. The van der Waals surface area contributed by atoms with Gasteiger partial charge in [0.1, 0.15) is 24.1 Å². The van der Waals surface area contributed by atoms with Crippen molar-refractivity contribution in [2.24, 2.45) is 0 Å². The van der Waals surface area contributed by atoms with Gasteiger partial charge in [-0.1, -0.05) is 12.1 Å². The average Bonchev–Trinajstić information content (AvgIpc) is 2.90. The Morgan fingerprint density at radius 2 is 1.66 bits per heavy atom. The lowest BCUT2D eigenvalue weighted by molar-refractivity contribution is 0.114. The third-order valence-corrected chi connectivity index (χ3v) is 8.06. The maximum Gasteiger partial charge on any atom is 0.296 e. The summed E-state index contributed by atoms with van der Waals surface area (Å²) < 4.78 is 80.6. The number of nitrogens with zero attached hydrogens (tertiary/aromatic N) is 3. The van der Waals surface area contributed by atoms with Crippen molar-refractivity contribution in [1.82, 2.24) is 14.5 Å². The van der Waals surface area contributed by atoms with Gasteiger partial charge >= 0.3 is 0 Å². The van der Waals surface area contributed by atoms with Crippen molar-refractivity contribution in [3.05, 3.63) is 99.6 Å². The molecule has 2 aromatic heterocycles. The summed E-state index contributed by atoms with van der Waals surface area (Å²) in [6.07, 6.45) is 0. The fourth-order valence-corrected chi connectivity index (χ4v) is 5.76. The molecule has 1 atom stereocenters. The molecular weight excluding hydrogens is 563 g/mol. The number of pyridine rings is 1. The molecule has 0 bridgehead atoms. The maximum atomic E-state index is 14.1. The number of ether oxygens (including phenoxy) is 2. The molecule has 0 saturated heterocycles. The van der Waals surface area contributed by atoms with Crippen molar-refractivity contribution in [3.8, 4) is 17.0 Å². The van der Waals surface area contributed by atoms with Gasteiger partial charge in [-0.3, -0.25) is 9.36 Å². The molecule has 1 unspecified atom stereocenters. The molecule has 0 amide bonds. The van der Waals surface area contributed by atoms with Gasteiger partial charge in [-0.15, -0.1) is 0 Å². The van der Waals surface area contributed by atoms with E-state index < -0.39 is 49.8 Å². The Hall–Kier alpha value is -4.07. The molecule has 0 aliphatic heterocycles. The highest BCUT2D eigenvalue weighted by molar-refractivity contribution is 7.91. The molecule has 1 N–H and O–H groups in total. The summed E-state index contributed by atoms with van der Waals surface area (Å²) >= 11 is 0. The quantitative estimate of drug-likeness (QED) is 0.271. The topological polar surface area (TPSA) is 121 Å². The standard InChI is InChI=1S/C28H26F3N3O6S/c1-4-40-15-25-33-27(35)26(28(36)34(25)23(14-39-3)18-11-19(29)13-20(30)12-18)41(37,38)21-7-5-17(6-8-21)22-9-10-24(31)32-16(22)2/h5-13,23,36H,4,14-15H2,1-3H3. The van der Waals surface area contributed by atoms with E-state index in [4.69, 9.17) is 9.47 Å². The summed E-state index contributed by atoms with van der Waals surface area (Å²) in [5, 5.41) is 11.3. The minimum Gasteiger partial charge on any atom is -0.493 e. The second-order valence-corrected chi connectivity index (χ2v) is 10.8. The van der Waals surface area contributed by atoms with E-state index in [1.807, 2.05) is 0 Å². The van der Waals surface area contributed by atoms with Gasteiger partial charge in [-0.2, -0.15) is 9.37 Å². The van der Waals surface area contributed by atoms with Crippen LogP contribution in [0.2, 0.25) is 0 Å². The van der Waals surface area contributed by atoms with Crippen molar-refractivity contribution in [1.29, 1.82) is 0 Å². The van der Waals surface area contributed by atoms with Gasteiger partial charge in [0, 0.05) is 31.0 Å². The summed E-state index contributed by atoms with van der Waals surface area (Å²) in [7, 11) is -3.37. The highest BCUT2D eigenvalue weighted by Gasteiger charge is 2.32. The largest absolute Gasteiger partial charge is 0.493 e. The van der Waals surface area contributed by atoms with Crippen LogP contribution >= 0.6 is 0 Å². The number of benzene rings is 2. The molecule has 4 rings (SSSR count). The molecule has 0 aliphatic rings.